The van der Waals surface area contributed by atoms with Gasteiger partial charge < -0.3 is 31.2 Å². The molecule has 0 aliphatic carbocycles. The number of nitrogens with zero attached hydrogens (tertiary/aromatic N) is 1. The first-order valence-electron chi connectivity index (χ1n) is 15.8. The van der Waals surface area contributed by atoms with E-state index in [1.807, 2.05) is 43.3 Å². The highest BCUT2D eigenvalue weighted by molar-refractivity contribution is 5.97. The van der Waals surface area contributed by atoms with E-state index in [0.717, 1.165) is 24.0 Å². The monoisotopic (exact) mass is 635 g/mol. The molecule has 11 nitrogen and oxygen atoms in total. The summed E-state index contributed by atoms with van der Waals surface area (Å²) in [5, 5.41) is 8.45. The van der Waals surface area contributed by atoms with Crippen LogP contribution in [-0.4, -0.2) is 64.8 Å². The van der Waals surface area contributed by atoms with Gasteiger partial charge in [0.25, 0.3) is 0 Å². The lowest BCUT2D eigenvalue weighted by Gasteiger charge is -2.28. The van der Waals surface area contributed by atoms with Crippen LogP contribution in [0.25, 0.3) is 12.2 Å². The zero-order valence-electron chi connectivity index (χ0n) is 28.0. The molecular formula is C35H49N5O6. The van der Waals surface area contributed by atoms with Gasteiger partial charge in [-0.2, -0.15) is 0 Å². The number of nitrogens with two attached hydrogens (primary N) is 1. The fourth-order valence-corrected chi connectivity index (χ4v) is 4.77. The molecule has 0 saturated carbocycles. The third-order valence-electron chi connectivity index (χ3n) is 6.94. The third-order valence-corrected chi connectivity index (χ3v) is 6.94. The molecule has 3 rings (SSSR count). The molecule has 1 saturated heterocycles. The highest BCUT2D eigenvalue weighted by Crippen LogP contribution is 2.23. The van der Waals surface area contributed by atoms with Gasteiger partial charge in [-0.1, -0.05) is 56.2 Å². The van der Waals surface area contributed by atoms with E-state index in [9.17, 15) is 19.2 Å². The molecule has 0 aromatic heterocycles. The van der Waals surface area contributed by atoms with Crippen molar-refractivity contribution in [3.05, 3.63) is 59.7 Å². The molecule has 1 fully saturated rings. The number of hydrogen-bond acceptors (Lipinski definition) is 7. The second kappa shape index (κ2) is 15.8. The predicted octanol–water partition coefficient (Wildman–Crippen LogP) is 6.15. The Morgan fingerprint density at radius 1 is 0.870 bits per heavy atom. The van der Waals surface area contributed by atoms with Crippen LogP contribution in [0.1, 0.15) is 85.3 Å². The van der Waals surface area contributed by atoms with Crippen molar-refractivity contribution in [1.82, 2.24) is 10.2 Å². The zero-order valence-corrected chi connectivity index (χ0v) is 28.0. The average Bonchev–Trinajstić information content (AvgIpc) is 3.36. The summed E-state index contributed by atoms with van der Waals surface area (Å²) in [6.07, 6.45) is 5.23. The summed E-state index contributed by atoms with van der Waals surface area (Å²) in [6.45, 7) is 12.9. The maximum absolute atomic E-state index is 13.0. The Labute approximate surface area is 272 Å². The Morgan fingerprint density at radius 3 is 1.89 bits per heavy atom. The van der Waals surface area contributed by atoms with E-state index in [1.165, 1.54) is 4.90 Å². The van der Waals surface area contributed by atoms with E-state index >= 15 is 0 Å². The Kier molecular flexibility index (Phi) is 12.4. The van der Waals surface area contributed by atoms with Gasteiger partial charge in [-0.25, -0.2) is 9.59 Å². The first-order valence-corrected chi connectivity index (χ1v) is 15.8. The van der Waals surface area contributed by atoms with Crippen molar-refractivity contribution in [3.63, 3.8) is 0 Å². The van der Waals surface area contributed by atoms with Crippen LogP contribution in [0, 0.1) is 0 Å². The van der Waals surface area contributed by atoms with Crippen molar-refractivity contribution >= 4 is 47.5 Å². The maximum Gasteiger partial charge on any atom is 0.411 e. The number of anilines is 2. The van der Waals surface area contributed by atoms with Crippen molar-refractivity contribution in [2.75, 3.05) is 17.2 Å². The van der Waals surface area contributed by atoms with E-state index in [1.54, 1.807) is 65.8 Å². The van der Waals surface area contributed by atoms with Gasteiger partial charge in [-0.05, 0) is 89.8 Å². The smallest absolute Gasteiger partial charge is 0.411 e. The van der Waals surface area contributed by atoms with Crippen LogP contribution in [0.2, 0.25) is 0 Å². The molecule has 0 unspecified atom stereocenters. The molecule has 0 spiro atoms. The number of benzene rings is 2. The van der Waals surface area contributed by atoms with Crippen molar-refractivity contribution in [3.8, 4) is 0 Å². The molecule has 2 aromatic rings. The predicted molar refractivity (Wildman–Crippen MR) is 181 cm³/mol. The van der Waals surface area contributed by atoms with Gasteiger partial charge in [0.1, 0.15) is 23.3 Å². The van der Waals surface area contributed by atoms with Crippen molar-refractivity contribution in [2.24, 2.45) is 5.73 Å². The molecule has 4 amide bonds. The van der Waals surface area contributed by atoms with Crippen LogP contribution in [0.5, 0.6) is 0 Å². The minimum atomic E-state index is -0.708. The van der Waals surface area contributed by atoms with Crippen LogP contribution in [0.15, 0.2) is 48.5 Å². The molecule has 11 heteroatoms. The van der Waals surface area contributed by atoms with Crippen molar-refractivity contribution < 1.29 is 28.7 Å². The number of amides is 4. The van der Waals surface area contributed by atoms with Crippen molar-refractivity contribution in [1.29, 1.82) is 0 Å². The Bertz CT molecular complexity index is 1380. The molecule has 0 radical (unpaired) electrons. The summed E-state index contributed by atoms with van der Waals surface area (Å²) < 4.78 is 10.8. The number of likely N-dealkylation sites (tertiary alicyclic amines) is 1. The van der Waals surface area contributed by atoms with Crippen LogP contribution < -0.4 is 21.7 Å². The second-order valence-corrected chi connectivity index (χ2v) is 13.5. The molecule has 1 heterocycles. The van der Waals surface area contributed by atoms with Crippen LogP contribution in [0.4, 0.5) is 21.0 Å². The van der Waals surface area contributed by atoms with Crippen LogP contribution in [-0.2, 0) is 19.1 Å². The lowest BCUT2D eigenvalue weighted by atomic mass is 10.1. The standard InChI is InChI=1S/C35H49N5O6/c1-8-9-10-28(39-32(43)45-34(2,3)4)30(41)37-26-17-13-23(14-18-26)11-12-24-15-19-27(20-16-24)38-31(42)29-21-25(36)22-40(29)33(44)46-35(5,6)7/h11-20,25,28-29H,8-10,21-22,36H2,1-7H3,(H,37,41)(H,38,42)(H,39,43)/b12-11+/t25-,28-,29-/m0/s1. The summed E-state index contributed by atoms with van der Waals surface area (Å²) in [5.74, 6) is -0.616. The van der Waals surface area contributed by atoms with Crippen LogP contribution >= 0.6 is 0 Å². The molecule has 250 valence electrons. The van der Waals surface area contributed by atoms with Crippen LogP contribution in [0.3, 0.4) is 0 Å². The Morgan fingerprint density at radius 2 is 1.39 bits per heavy atom. The highest BCUT2D eigenvalue weighted by Gasteiger charge is 2.40. The summed E-state index contributed by atoms with van der Waals surface area (Å²) in [7, 11) is 0. The lowest BCUT2D eigenvalue weighted by Crippen LogP contribution is -2.45. The topological polar surface area (TPSA) is 152 Å². The number of rotatable bonds is 10. The largest absolute Gasteiger partial charge is 0.444 e. The third kappa shape index (κ3) is 11.8. The average molecular weight is 636 g/mol. The highest BCUT2D eigenvalue weighted by atomic mass is 16.6. The zero-order chi connectivity index (χ0) is 34.1. The molecule has 2 aromatic carbocycles. The minimum absolute atomic E-state index is 0.259. The fourth-order valence-electron chi connectivity index (χ4n) is 4.77. The van der Waals surface area contributed by atoms with E-state index in [2.05, 4.69) is 16.0 Å². The first kappa shape index (κ1) is 36.1. The number of ether oxygens (including phenoxy) is 2. The second-order valence-electron chi connectivity index (χ2n) is 13.5. The fraction of sp³-hybridized carbons (Fsp3) is 0.486. The Hall–Kier alpha value is -4.38. The number of carbonyl (C=O) groups excluding carboxylic acids is 4. The molecule has 3 atom stereocenters. The number of unbranched alkanes of at least 4 members (excludes halogenated alkanes) is 1. The van der Waals surface area contributed by atoms with E-state index in [-0.39, 0.29) is 24.4 Å². The number of carbonyl (C=O) groups is 4. The summed E-state index contributed by atoms with van der Waals surface area (Å²) in [6, 6.07) is 13.0. The summed E-state index contributed by atoms with van der Waals surface area (Å²) in [5.41, 5.74) is 7.79. The number of nitrogens with one attached hydrogen (secondary N) is 3. The Balaban J connectivity index is 1.56. The van der Waals surface area contributed by atoms with Gasteiger partial charge in [0.15, 0.2) is 0 Å². The lowest BCUT2D eigenvalue weighted by molar-refractivity contribution is -0.120. The van der Waals surface area contributed by atoms with Crippen molar-refractivity contribution in [2.45, 2.75) is 103 Å². The SMILES string of the molecule is CCCC[C@H](NC(=O)OC(C)(C)C)C(=O)Nc1ccc(/C=C/c2ccc(NC(=O)[C@@H]3C[C@H](N)CN3C(=O)OC(C)(C)C)cc2)cc1. The van der Waals surface area contributed by atoms with Gasteiger partial charge in [-0.15, -0.1) is 0 Å². The first-order chi connectivity index (χ1) is 21.5. The van der Waals surface area contributed by atoms with Gasteiger partial charge in [-0.3, -0.25) is 14.5 Å². The van der Waals surface area contributed by atoms with Gasteiger partial charge in [0, 0.05) is 24.0 Å². The van der Waals surface area contributed by atoms with Gasteiger partial charge >= 0.3 is 12.2 Å². The molecule has 5 N–H and O–H groups in total. The molecular weight excluding hydrogens is 586 g/mol. The maximum atomic E-state index is 13.0. The van der Waals surface area contributed by atoms with Gasteiger partial charge in [0.2, 0.25) is 11.8 Å². The molecule has 46 heavy (non-hydrogen) atoms. The minimum Gasteiger partial charge on any atom is -0.444 e. The van der Waals surface area contributed by atoms with E-state index < -0.39 is 35.5 Å². The van der Waals surface area contributed by atoms with Gasteiger partial charge in [0.05, 0.1) is 0 Å². The van der Waals surface area contributed by atoms with E-state index in [0.29, 0.717) is 24.2 Å². The molecule has 1 aliphatic rings. The quantitative estimate of drug-likeness (QED) is 0.228. The molecule has 1 aliphatic heterocycles. The summed E-state index contributed by atoms with van der Waals surface area (Å²) in [4.78, 5) is 52.3. The number of hydrogen-bond donors (Lipinski definition) is 4. The van der Waals surface area contributed by atoms with E-state index in [4.69, 9.17) is 15.2 Å². The molecule has 0 bridgehead atoms. The number of alkyl carbamates (subject to hydrolysis) is 1. The normalized spacial score (nSPS) is 17.3. The summed E-state index contributed by atoms with van der Waals surface area (Å²) >= 11 is 0.